The van der Waals surface area contributed by atoms with Crippen LogP contribution < -0.4 is 10.9 Å². The first kappa shape index (κ1) is 27.4. The molecule has 0 spiro atoms. The van der Waals surface area contributed by atoms with Crippen molar-refractivity contribution in [1.82, 2.24) is 19.0 Å². The summed E-state index contributed by atoms with van der Waals surface area (Å²) in [6.45, 7) is 0.404. The van der Waals surface area contributed by atoms with E-state index in [0.29, 0.717) is 36.2 Å². The summed E-state index contributed by atoms with van der Waals surface area (Å²) in [6.07, 6.45) is 7.02. The maximum absolute atomic E-state index is 13.9. The Kier molecular flexibility index (Phi) is 8.65. The van der Waals surface area contributed by atoms with E-state index in [9.17, 15) is 23.2 Å². The van der Waals surface area contributed by atoms with Gasteiger partial charge in [-0.25, -0.2) is 13.8 Å². The average molecular weight is 533 g/mol. The van der Waals surface area contributed by atoms with Crippen molar-refractivity contribution in [2.75, 3.05) is 19.4 Å². The van der Waals surface area contributed by atoms with Gasteiger partial charge in [0.2, 0.25) is 11.8 Å². The number of aromatic nitrogens is 3. The van der Waals surface area contributed by atoms with Gasteiger partial charge in [0.1, 0.15) is 23.1 Å². The van der Waals surface area contributed by atoms with E-state index in [1.54, 1.807) is 50.6 Å². The van der Waals surface area contributed by atoms with Crippen LogP contribution >= 0.6 is 0 Å². The van der Waals surface area contributed by atoms with Gasteiger partial charge in [0.25, 0.3) is 5.56 Å². The fourth-order valence-corrected chi connectivity index (χ4v) is 3.96. The van der Waals surface area contributed by atoms with Gasteiger partial charge in [-0.2, -0.15) is 0 Å². The summed E-state index contributed by atoms with van der Waals surface area (Å²) in [7, 11) is 3.31. The zero-order valence-corrected chi connectivity index (χ0v) is 21.6. The van der Waals surface area contributed by atoms with E-state index in [0.717, 1.165) is 5.56 Å². The Hall–Kier alpha value is -4.60. The van der Waals surface area contributed by atoms with Gasteiger partial charge in [-0.15, -0.1) is 0 Å². The van der Waals surface area contributed by atoms with Crippen LogP contribution in [0.3, 0.4) is 0 Å². The van der Waals surface area contributed by atoms with E-state index in [1.165, 1.54) is 52.3 Å². The summed E-state index contributed by atoms with van der Waals surface area (Å²) in [5.74, 6) is -0.860. The van der Waals surface area contributed by atoms with Crippen LogP contribution in [0, 0.1) is 18.1 Å². The van der Waals surface area contributed by atoms with E-state index in [4.69, 9.17) is 0 Å². The molecule has 0 aliphatic rings. The molecule has 0 atom stereocenters. The predicted molar refractivity (Wildman–Crippen MR) is 145 cm³/mol. The van der Waals surface area contributed by atoms with Gasteiger partial charge < -0.3 is 19.4 Å². The third-order valence-corrected chi connectivity index (χ3v) is 6.00. The molecule has 1 radical (unpaired) electrons. The number of allylic oxidation sites excluding steroid dienone is 1. The number of pyridine rings is 1. The summed E-state index contributed by atoms with van der Waals surface area (Å²) in [5.41, 5.74) is 1.59. The molecule has 10 heteroatoms. The maximum atomic E-state index is 13.9. The minimum absolute atomic E-state index is 0.0639. The Bertz CT molecular complexity index is 1570. The highest BCUT2D eigenvalue weighted by Gasteiger charge is 2.15. The van der Waals surface area contributed by atoms with E-state index in [1.807, 2.05) is 4.57 Å². The molecule has 0 saturated heterocycles. The number of halogens is 2. The zero-order chi connectivity index (χ0) is 27.9. The van der Waals surface area contributed by atoms with Crippen molar-refractivity contribution in [3.63, 3.8) is 0 Å². The lowest BCUT2D eigenvalue weighted by Gasteiger charge is -2.12. The lowest BCUT2D eigenvalue weighted by atomic mass is 10.2. The minimum atomic E-state index is -0.434. The van der Waals surface area contributed by atoms with Gasteiger partial charge in [0.05, 0.1) is 24.0 Å². The largest absolute Gasteiger partial charge is 0.345 e. The molecular formula is C29H28F2N5O3. The van der Waals surface area contributed by atoms with Crippen molar-refractivity contribution in [1.29, 1.82) is 0 Å². The molecule has 0 unspecified atom stereocenters. The van der Waals surface area contributed by atoms with Crippen molar-refractivity contribution in [3.8, 4) is 0 Å². The van der Waals surface area contributed by atoms with Crippen LogP contribution in [0.1, 0.15) is 24.2 Å². The van der Waals surface area contributed by atoms with Crippen LogP contribution in [-0.2, 0) is 22.7 Å². The number of nitrogens with zero attached hydrogens (tertiary/aromatic N) is 4. The van der Waals surface area contributed by atoms with Crippen LogP contribution in [-0.4, -0.2) is 44.9 Å². The molecule has 0 bridgehead atoms. The molecule has 4 rings (SSSR count). The summed E-state index contributed by atoms with van der Waals surface area (Å²) >= 11 is 0. The number of benzene rings is 2. The number of nitrogens with one attached hydrogen (secondary N) is 1. The van der Waals surface area contributed by atoms with Gasteiger partial charge in [-0.05, 0) is 60.9 Å². The van der Waals surface area contributed by atoms with Gasteiger partial charge in [0, 0.05) is 32.9 Å². The molecule has 2 amide bonds. The van der Waals surface area contributed by atoms with Gasteiger partial charge in [0.15, 0.2) is 0 Å². The highest BCUT2D eigenvalue weighted by atomic mass is 19.1. The van der Waals surface area contributed by atoms with Crippen LogP contribution in [0.2, 0.25) is 0 Å². The standard InChI is InChI=1S/C29H28F2N5O3/c1-34(2)28(38)9-5-3-4-8-27(37)33-23-7-6-16-35(29(23)39)19-26-32-24-17-22(31)14-15-25(24)36(26)18-20-10-12-21(30)13-11-20/h5-17H,3-4,18-19H2,1-2H3,(H,33,37)/b9-5+. The maximum Gasteiger partial charge on any atom is 0.274 e. The molecule has 2 heterocycles. The van der Waals surface area contributed by atoms with Crippen molar-refractivity contribution < 1.29 is 18.4 Å². The minimum Gasteiger partial charge on any atom is -0.345 e. The summed E-state index contributed by atoms with van der Waals surface area (Å²) < 4.78 is 30.6. The molecule has 0 fully saturated rings. The van der Waals surface area contributed by atoms with E-state index in [-0.39, 0.29) is 24.0 Å². The number of imidazole rings is 1. The third kappa shape index (κ3) is 7.04. The second kappa shape index (κ2) is 12.3. The van der Waals surface area contributed by atoms with Gasteiger partial charge in [-0.3, -0.25) is 14.4 Å². The quantitative estimate of drug-likeness (QED) is 0.246. The Morgan fingerprint density at radius 1 is 1.00 bits per heavy atom. The van der Waals surface area contributed by atoms with Crippen LogP contribution in [0.25, 0.3) is 11.0 Å². The number of unbranched alkanes of at least 4 members (excludes halogenated alkanes) is 1. The number of rotatable bonds is 10. The zero-order valence-electron chi connectivity index (χ0n) is 21.6. The normalized spacial score (nSPS) is 11.3. The number of amides is 2. The fourth-order valence-electron chi connectivity index (χ4n) is 3.96. The Labute approximate surface area is 224 Å². The number of fused-ring (bicyclic) bond motifs is 1. The van der Waals surface area contributed by atoms with Gasteiger partial charge >= 0.3 is 0 Å². The van der Waals surface area contributed by atoms with Crippen molar-refractivity contribution in [2.45, 2.75) is 25.9 Å². The molecule has 2 aromatic heterocycles. The molecule has 0 saturated carbocycles. The first-order valence-electron chi connectivity index (χ1n) is 12.3. The first-order chi connectivity index (χ1) is 18.7. The van der Waals surface area contributed by atoms with E-state index >= 15 is 0 Å². The highest BCUT2D eigenvalue weighted by Crippen LogP contribution is 2.20. The molecule has 0 aliphatic carbocycles. The molecule has 1 N–H and O–H groups in total. The predicted octanol–water partition coefficient (Wildman–Crippen LogP) is 4.14. The molecule has 8 nitrogen and oxygen atoms in total. The molecule has 39 heavy (non-hydrogen) atoms. The highest BCUT2D eigenvalue weighted by molar-refractivity contribution is 5.96. The molecule has 0 aliphatic heterocycles. The number of carbonyl (C=O) groups is 2. The van der Waals surface area contributed by atoms with Crippen LogP contribution in [0.4, 0.5) is 14.5 Å². The second-order valence-corrected chi connectivity index (χ2v) is 9.13. The number of carbonyl (C=O) groups excluding carboxylic acids is 2. The smallest absolute Gasteiger partial charge is 0.274 e. The lowest BCUT2D eigenvalue weighted by molar-refractivity contribution is -0.123. The molecule has 201 valence electrons. The van der Waals surface area contributed by atoms with Crippen LogP contribution in [0.15, 0.2) is 77.7 Å². The molecule has 2 aromatic carbocycles. The molecular weight excluding hydrogens is 504 g/mol. The molecule has 4 aromatic rings. The Morgan fingerprint density at radius 3 is 2.49 bits per heavy atom. The lowest BCUT2D eigenvalue weighted by Crippen LogP contribution is -2.26. The van der Waals surface area contributed by atoms with Crippen molar-refractivity contribution in [2.24, 2.45) is 0 Å². The Balaban J connectivity index is 1.50. The van der Waals surface area contributed by atoms with E-state index in [2.05, 4.69) is 10.3 Å². The SMILES string of the molecule is CN(C)C(=O)/C=C/CC[CH]C(=O)Nc1cccn(Cc2nc3cc(F)ccc3n2Cc2ccc(F)cc2)c1=O. The number of hydrogen-bond donors (Lipinski definition) is 1. The second-order valence-electron chi connectivity index (χ2n) is 9.13. The fraction of sp³-hybridized carbons (Fsp3) is 0.207. The Morgan fingerprint density at radius 2 is 1.74 bits per heavy atom. The van der Waals surface area contributed by atoms with E-state index < -0.39 is 17.3 Å². The van der Waals surface area contributed by atoms with Gasteiger partial charge in [-0.1, -0.05) is 18.2 Å². The monoisotopic (exact) mass is 532 g/mol. The summed E-state index contributed by atoms with van der Waals surface area (Å²) in [5, 5.41) is 2.61. The number of likely N-dealkylation sites (N-methyl/N-ethyl adjacent to an activating group) is 1. The summed E-state index contributed by atoms with van der Waals surface area (Å²) in [4.78, 5) is 43.1. The van der Waals surface area contributed by atoms with Crippen molar-refractivity contribution in [3.05, 3.63) is 113 Å². The van der Waals surface area contributed by atoms with Crippen molar-refractivity contribution >= 4 is 28.5 Å². The number of anilines is 1. The third-order valence-electron chi connectivity index (χ3n) is 6.00. The van der Waals surface area contributed by atoms with Crippen LogP contribution in [0.5, 0.6) is 0 Å². The average Bonchev–Trinajstić information content (AvgIpc) is 3.22. The summed E-state index contributed by atoms with van der Waals surface area (Å²) in [6, 6.07) is 13.5. The topological polar surface area (TPSA) is 89.2 Å². The first-order valence-corrected chi connectivity index (χ1v) is 12.3. The number of hydrogen-bond acceptors (Lipinski definition) is 4.